The Hall–Kier alpha value is -2.28. The highest BCUT2D eigenvalue weighted by atomic mass is 16.6. The molecule has 0 saturated heterocycles. The number of ketones is 2. The van der Waals surface area contributed by atoms with Gasteiger partial charge in [-0.1, -0.05) is 47.3 Å². The van der Waals surface area contributed by atoms with Crippen LogP contribution in [0.1, 0.15) is 87.0 Å². The largest absolute Gasteiger partial charge is 0.462 e. The van der Waals surface area contributed by atoms with Crippen molar-refractivity contribution in [1.82, 2.24) is 0 Å². The average molecular weight is 583 g/mol. The van der Waals surface area contributed by atoms with E-state index in [0.29, 0.717) is 30.4 Å². The quantitative estimate of drug-likeness (QED) is 0.247. The number of Topliss-reactive ketones (excluding diaryl/α,β-unsaturated/α-hetero) is 1. The maximum atomic E-state index is 13.9. The molecule has 0 amide bonds. The smallest absolute Gasteiger partial charge is 0.303 e. The Morgan fingerprint density at radius 3 is 2.38 bits per heavy atom. The van der Waals surface area contributed by atoms with Gasteiger partial charge < -0.3 is 14.2 Å². The van der Waals surface area contributed by atoms with E-state index in [1.165, 1.54) is 13.8 Å². The predicted octanol–water partition coefficient (Wildman–Crippen LogP) is 5.90. The summed E-state index contributed by atoms with van der Waals surface area (Å²) in [6.45, 7) is 17.9. The first kappa shape index (κ1) is 31.2. The standard InChI is InChI=1S/C35H50O7/c1-19(17-40-9)20(2)30(39)31(42-24(6)37)22(4)29-27(41-23(5)36)16-33(8)28-11-10-25-21(3)26(38)12-13-34(25)18-35(28,34)15-14-32(29,33)7/h12-13,19,21-22,25,27-29,31H,2,10-11,14-18H2,1,3-9H3/t19-,21-,22-,25-,27-,28-,29-,31+,32+,33-,34+,35-/m0/s1. The lowest BCUT2D eigenvalue weighted by Crippen LogP contribution is -2.56. The van der Waals surface area contributed by atoms with Gasteiger partial charge in [0, 0.05) is 44.6 Å². The number of carbonyl (C=O) groups is 4. The third-order valence-corrected chi connectivity index (χ3v) is 13.3. The number of hydrogen-bond acceptors (Lipinski definition) is 7. The number of esters is 2. The molecular formula is C35H50O7. The summed E-state index contributed by atoms with van der Waals surface area (Å²) in [5.74, 6) is -0.818. The van der Waals surface area contributed by atoms with Crippen molar-refractivity contribution in [3.8, 4) is 0 Å². The zero-order valence-electron chi connectivity index (χ0n) is 26.8. The van der Waals surface area contributed by atoms with Crippen molar-refractivity contribution >= 4 is 23.5 Å². The Balaban J connectivity index is 1.53. The van der Waals surface area contributed by atoms with Crippen LogP contribution in [0.5, 0.6) is 0 Å². The molecule has 12 atom stereocenters. The molecule has 7 nitrogen and oxygen atoms in total. The Morgan fingerprint density at radius 1 is 1.07 bits per heavy atom. The zero-order valence-corrected chi connectivity index (χ0v) is 26.8. The molecule has 5 rings (SSSR count). The Bertz CT molecular complexity index is 1220. The van der Waals surface area contributed by atoms with Crippen LogP contribution < -0.4 is 0 Å². The summed E-state index contributed by atoms with van der Waals surface area (Å²) in [6.07, 6.45) is 8.59. The van der Waals surface area contributed by atoms with E-state index in [2.05, 4.69) is 33.4 Å². The number of rotatable bonds is 9. The molecule has 0 aromatic rings. The summed E-state index contributed by atoms with van der Waals surface area (Å²) in [5, 5.41) is 0. The van der Waals surface area contributed by atoms with Crippen LogP contribution in [0, 0.1) is 57.2 Å². The molecule has 0 aromatic carbocycles. The number of ether oxygens (including phenoxy) is 3. The summed E-state index contributed by atoms with van der Waals surface area (Å²) in [6, 6.07) is 0. The maximum absolute atomic E-state index is 13.9. The molecule has 0 radical (unpaired) electrons. The Kier molecular flexibility index (Phi) is 7.73. The molecule has 2 spiro atoms. The van der Waals surface area contributed by atoms with Gasteiger partial charge in [-0.3, -0.25) is 19.2 Å². The van der Waals surface area contributed by atoms with Gasteiger partial charge in [-0.05, 0) is 83.7 Å². The van der Waals surface area contributed by atoms with Crippen LogP contribution in [0.3, 0.4) is 0 Å². The lowest BCUT2D eigenvalue weighted by molar-refractivity contribution is -0.166. The fourth-order valence-corrected chi connectivity index (χ4v) is 11.2. The average Bonchev–Trinajstić information content (AvgIpc) is 3.52. The lowest BCUT2D eigenvalue weighted by atomic mass is 9.43. The van der Waals surface area contributed by atoms with Gasteiger partial charge in [-0.25, -0.2) is 0 Å². The van der Waals surface area contributed by atoms with E-state index in [1.54, 1.807) is 7.11 Å². The van der Waals surface area contributed by atoms with Crippen molar-refractivity contribution in [1.29, 1.82) is 0 Å². The molecule has 5 aliphatic rings. The van der Waals surface area contributed by atoms with E-state index >= 15 is 0 Å². The molecule has 42 heavy (non-hydrogen) atoms. The molecule has 232 valence electrons. The summed E-state index contributed by atoms with van der Waals surface area (Å²) in [7, 11) is 1.58. The van der Waals surface area contributed by atoms with Crippen LogP contribution in [0.15, 0.2) is 24.3 Å². The van der Waals surface area contributed by atoms with E-state index in [0.717, 1.165) is 32.1 Å². The van der Waals surface area contributed by atoms with Crippen molar-refractivity contribution in [2.45, 2.75) is 99.2 Å². The Morgan fingerprint density at radius 2 is 1.76 bits per heavy atom. The SMILES string of the molecule is C=C(C(=O)[C@H](OC(C)=O)[C@@H](C)[C@H]1[C@@H](OC(C)=O)C[C@@]2(C)[C@@H]3CC[C@H]4[C@H](C)C(=O)C=C[C@@]45C[C@@]35CC[C@]12C)[C@@H](C)COC. The predicted molar refractivity (Wildman–Crippen MR) is 158 cm³/mol. The molecule has 7 heteroatoms. The fourth-order valence-electron chi connectivity index (χ4n) is 11.2. The van der Waals surface area contributed by atoms with Crippen molar-refractivity contribution in [3.63, 3.8) is 0 Å². The minimum atomic E-state index is -1.02. The lowest BCUT2D eigenvalue weighted by Gasteiger charge is -2.61. The van der Waals surface area contributed by atoms with Gasteiger partial charge in [-0.2, -0.15) is 0 Å². The van der Waals surface area contributed by atoms with Crippen LogP contribution in [-0.4, -0.2) is 49.4 Å². The third kappa shape index (κ3) is 4.22. The highest BCUT2D eigenvalue weighted by Crippen LogP contribution is 2.87. The molecular weight excluding hydrogens is 532 g/mol. The maximum Gasteiger partial charge on any atom is 0.303 e. The van der Waals surface area contributed by atoms with Gasteiger partial charge in [0.25, 0.3) is 0 Å². The summed E-state index contributed by atoms with van der Waals surface area (Å²) < 4.78 is 17.2. The van der Waals surface area contributed by atoms with E-state index in [1.807, 2.05) is 19.9 Å². The fraction of sp³-hybridized carbons (Fsp3) is 0.771. The van der Waals surface area contributed by atoms with Crippen LogP contribution >= 0.6 is 0 Å². The van der Waals surface area contributed by atoms with Gasteiger partial charge in [0.1, 0.15) is 6.10 Å². The number of fused-ring (bicyclic) bond motifs is 2. The monoisotopic (exact) mass is 582 g/mol. The summed E-state index contributed by atoms with van der Waals surface area (Å²) in [4.78, 5) is 51.4. The normalized spacial score (nSPS) is 43.5. The van der Waals surface area contributed by atoms with Gasteiger partial charge in [-0.15, -0.1) is 0 Å². The van der Waals surface area contributed by atoms with Crippen LogP contribution in [-0.2, 0) is 33.4 Å². The second kappa shape index (κ2) is 10.4. The van der Waals surface area contributed by atoms with Gasteiger partial charge in [0.05, 0.1) is 6.61 Å². The molecule has 4 saturated carbocycles. The number of allylic oxidation sites excluding steroid dienone is 2. The van der Waals surface area contributed by atoms with E-state index in [-0.39, 0.29) is 56.9 Å². The molecule has 0 N–H and O–H groups in total. The van der Waals surface area contributed by atoms with Crippen LogP contribution in [0.4, 0.5) is 0 Å². The Labute approximate surface area is 251 Å². The molecule has 0 aromatic heterocycles. The zero-order chi connectivity index (χ0) is 31.0. The first-order chi connectivity index (χ1) is 19.6. The van der Waals surface area contributed by atoms with Gasteiger partial charge in [0.15, 0.2) is 17.7 Å². The molecule has 0 aliphatic heterocycles. The van der Waals surface area contributed by atoms with Crippen molar-refractivity contribution < 1.29 is 33.4 Å². The first-order valence-corrected chi connectivity index (χ1v) is 15.9. The highest BCUT2D eigenvalue weighted by Gasteiger charge is 2.81. The van der Waals surface area contributed by atoms with Crippen LogP contribution in [0.25, 0.3) is 0 Å². The second-order valence-corrected chi connectivity index (χ2v) is 15.0. The van der Waals surface area contributed by atoms with Crippen LogP contribution in [0.2, 0.25) is 0 Å². The highest BCUT2D eigenvalue weighted by molar-refractivity contribution is 5.99. The third-order valence-electron chi connectivity index (χ3n) is 13.3. The molecule has 0 bridgehead atoms. The first-order valence-electron chi connectivity index (χ1n) is 15.9. The number of methoxy groups -OCH3 is 1. The van der Waals surface area contributed by atoms with E-state index in [9.17, 15) is 19.2 Å². The molecule has 0 heterocycles. The summed E-state index contributed by atoms with van der Waals surface area (Å²) in [5.41, 5.74) is 0.209. The second-order valence-electron chi connectivity index (χ2n) is 15.0. The molecule has 0 unspecified atom stereocenters. The minimum absolute atomic E-state index is 0.0608. The topological polar surface area (TPSA) is 96.0 Å². The van der Waals surface area contributed by atoms with Crippen molar-refractivity contribution in [2.75, 3.05) is 13.7 Å². The summed E-state index contributed by atoms with van der Waals surface area (Å²) >= 11 is 0. The van der Waals surface area contributed by atoms with Gasteiger partial charge >= 0.3 is 11.9 Å². The van der Waals surface area contributed by atoms with Gasteiger partial charge in [0.2, 0.25) is 0 Å². The van der Waals surface area contributed by atoms with Crippen molar-refractivity contribution in [3.05, 3.63) is 24.3 Å². The van der Waals surface area contributed by atoms with Crippen molar-refractivity contribution in [2.24, 2.45) is 57.2 Å². The molecule has 4 fully saturated rings. The number of hydrogen-bond donors (Lipinski definition) is 0. The number of carbonyl (C=O) groups excluding carboxylic acids is 4. The molecule has 5 aliphatic carbocycles. The van der Waals surface area contributed by atoms with E-state index < -0.39 is 24.1 Å². The minimum Gasteiger partial charge on any atom is -0.462 e. The van der Waals surface area contributed by atoms with E-state index in [4.69, 9.17) is 14.2 Å².